The summed E-state index contributed by atoms with van der Waals surface area (Å²) in [6.45, 7) is 1.44. The number of ketones is 1. The molecule has 0 aliphatic heterocycles. The number of fused-ring (bicyclic) bond motifs is 1. The summed E-state index contributed by atoms with van der Waals surface area (Å²) >= 11 is 0. The van der Waals surface area contributed by atoms with Crippen LogP contribution in [0.3, 0.4) is 0 Å². The van der Waals surface area contributed by atoms with Crippen LogP contribution in [0.25, 0.3) is 22.1 Å². The monoisotopic (exact) mass is 413 g/mol. The van der Waals surface area contributed by atoms with E-state index < -0.39 is 12.1 Å². The van der Waals surface area contributed by atoms with Crippen molar-refractivity contribution >= 4 is 22.8 Å². The maximum atomic E-state index is 12.2. The third-order valence-corrected chi connectivity index (χ3v) is 5.09. The van der Waals surface area contributed by atoms with Crippen LogP contribution in [0.15, 0.2) is 89.3 Å². The molecule has 0 spiro atoms. The van der Waals surface area contributed by atoms with Crippen molar-refractivity contribution in [2.75, 3.05) is 0 Å². The highest BCUT2D eigenvalue weighted by atomic mass is 16.6. The molecule has 1 heterocycles. The van der Waals surface area contributed by atoms with Gasteiger partial charge < -0.3 is 14.5 Å². The molecule has 5 nitrogen and oxygen atoms in total. The van der Waals surface area contributed by atoms with E-state index in [0.29, 0.717) is 12.2 Å². The quantitative estimate of drug-likeness (QED) is 0.433. The van der Waals surface area contributed by atoms with Gasteiger partial charge in [0.1, 0.15) is 11.3 Å². The lowest BCUT2D eigenvalue weighted by Crippen LogP contribution is -2.41. The Morgan fingerprint density at radius 2 is 1.61 bits per heavy atom. The predicted molar refractivity (Wildman–Crippen MR) is 120 cm³/mol. The average molecular weight is 413 g/mol. The normalized spacial score (nSPS) is 11.8. The molecule has 156 valence electrons. The van der Waals surface area contributed by atoms with Crippen molar-refractivity contribution in [1.82, 2.24) is 5.32 Å². The van der Waals surface area contributed by atoms with Gasteiger partial charge >= 0.3 is 6.09 Å². The first-order chi connectivity index (χ1) is 15.1. The van der Waals surface area contributed by atoms with Crippen LogP contribution in [0, 0.1) is 0 Å². The zero-order chi connectivity index (χ0) is 21.6. The van der Waals surface area contributed by atoms with E-state index in [2.05, 4.69) is 17.4 Å². The van der Waals surface area contributed by atoms with Crippen LogP contribution in [-0.4, -0.2) is 17.9 Å². The number of amides is 1. The zero-order valence-electron chi connectivity index (χ0n) is 17.2. The van der Waals surface area contributed by atoms with Crippen molar-refractivity contribution < 1.29 is 18.7 Å². The number of carbonyl (C=O) groups is 2. The van der Waals surface area contributed by atoms with Gasteiger partial charge in [-0.3, -0.25) is 4.79 Å². The zero-order valence-corrected chi connectivity index (χ0v) is 17.2. The van der Waals surface area contributed by atoms with E-state index in [9.17, 15) is 9.59 Å². The van der Waals surface area contributed by atoms with Crippen molar-refractivity contribution in [2.45, 2.75) is 26.0 Å². The van der Waals surface area contributed by atoms with Gasteiger partial charge in [0.2, 0.25) is 0 Å². The number of rotatable bonds is 7. The topological polar surface area (TPSA) is 68.5 Å². The highest BCUT2D eigenvalue weighted by molar-refractivity contribution is 5.86. The fourth-order valence-corrected chi connectivity index (χ4v) is 3.45. The number of nitrogens with one attached hydrogen (secondary N) is 1. The van der Waals surface area contributed by atoms with Gasteiger partial charge in [0.25, 0.3) is 0 Å². The molecule has 1 unspecified atom stereocenters. The second kappa shape index (κ2) is 9.30. The Morgan fingerprint density at radius 3 is 2.32 bits per heavy atom. The van der Waals surface area contributed by atoms with Crippen LogP contribution in [0.5, 0.6) is 0 Å². The van der Waals surface area contributed by atoms with Crippen LogP contribution in [0.2, 0.25) is 0 Å². The fourth-order valence-electron chi connectivity index (χ4n) is 3.45. The summed E-state index contributed by atoms with van der Waals surface area (Å²) in [5, 5.41) is 3.58. The van der Waals surface area contributed by atoms with Crippen LogP contribution in [0.4, 0.5) is 4.79 Å². The minimum Gasteiger partial charge on any atom is -0.457 e. The average Bonchev–Trinajstić information content (AvgIpc) is 3.21. The van der Waals surface area contributed by atoms with Crippen molar-refractivity contribution in [1.29, 1.82) is 0 Å². The van der Waals surface area contributed by atoms with Gasteiger partial charge in [-0.2, -0.15) is 0 Å². The van der Waals surface area contributed by atoms with Gasteiger partial charge in [0.05, 0.1) is 6.04 Å². The van der Waals surface area contributed by atoms with E-state index in [4.69, 9.17) is 9.15 Å². The molecule has 0 saturated heterocycles. The maximum Gasteiger partial charge on any atom is 0.408 e. The molecule has 0 fully saturated rings. The Balaban J connectivity index is 1.38. The first kappa shape index (κ1) is 20.4. The molecule has 4 rings (SSSR count). The number of ether oxygens (including phenoxy) is 1. The smallest absolute Gasteiger partial charge is 0.408 e. The van der Waals surface area contributed by atoms with Crippen molar-refractivity contribution in [2.24, 2.45) is 0 Å². The van der Waals surface area contributed by atoms with E-state index in [1.807, 2.05) is 72.8 Å². The Kier molecular flexibility index (Phi) is 6.13. The van der Waals surface area contributed by atoms with Crippen molar-refractivity contribution in [3.63, 3.8) is 0 Å². The Hall–Kier alpha value is -3.86. The number of benzene rings is 3. The maximum absolute atomic E-state index is 12.2. The number of Topliss-reactive ketones (excluding diaryl/α,β-unsaturated/α-hetero) is 1. The molecule has 1 N–H and O–H groups in total. The number of hydrogen-bond acceptors (Lipinski definition) is 4. The van der Waals surface area contributed by atoms with Gasteiger partial charge in [-0.15, -0.1) is 0 Å². The standard InChI is InChI=1S/C26H23NO4/c1-18(28)24(14-19-8-4-2-5-9-19)27-26(29)30-17-23-16-22-15-21(12-13-25(22)31-23)20-10-6-3-7-11-20/h2-13,15-16,24H,14,17H2,1H3,(H,27,29). The molecule has 1 aromatic heterocycles. The summed E-state index contributed by atoms with van der Waals surface area (Å²) < 4.78 is 11.1. The molecule has 4 aromatic rings. The third-order valence-electron chi connectivity index (χ3n) is 5.09. The molecule has 5 heteroatoms. The molecule has 31 heavy (non-hydrogen) atoms. The van der Waals surface area contributed by atoms with E-state index in [0.717, 1.165) is 27.7 Å². The molecule has 0 saturated carbocycles. The summed E-state index contributed by atoms with van der Waals surface area (Å²) in [5.74, 6) is 0.413. The van der Waals surface area contributed by atoms with E-state index >= 15 is 0 Å². The Labute approximate surface area is 180 Å². The lowest BCUT2D eigenvalue weighted by Gasteiger charge is -2.15. The summed E-state index contributed by atoms with van der Waals surface area (Å²) in [7, 11) is 0. The highest BCUT2D eigenvalue weighted by Crippen LogP contribution is 2.27. The van der Waals surface area contributed by atoms with Gasteiger partial charge in [-0.05, 0) is 48.2 Å². The van der Waals surface area contributed by atoms with Crippen molar-refractivity contribution in [3.05, 3.63) is 96.3 Å². The molecule has 0 radical (unpaired) electrons. The van der Waals surface area contributed by atoms with Gasteiger partial charge in [0, 0.05) is 5.39 Å². The largest absolute Gasteiger partial charge is 0.457 e. The summed E-state index contributed by atoms with van der Waals surface area (Å²) in [6.07, 6.45) is -0.236. The van der Waals surface area contributed by atoms with Gasteiger partial charge in [-0.25, -0.2) is 4.79 Å². The highest BCUT2D eigenvalue weighted by Gasteiger charge is 2.19. The van der Waals surface area contributed by atoms with E-state index in [1.54, 1.807) is 0 Å². The molecule has 0 aliphatic carbocycles. The molecule has 0 aliphatic rings. The summed E-state index contributed by atoms with van der Waals surface area (Å²) in [6, 6.07) is 26.8. The third kappa shape index (κ3) is 5.20. The number of carbonyl (C=O) groups excluding carboxylic acids is 2. The van der Waals surface area contributed by atoms with E-state index in [1.165, 1.54) is 6.92 Å². The minimum absolute atomic E-state index is 0.0167. The first-order valence-corrected chi connectivity index (χ1v) is 10.1. The Morgan fingerprint density at radius 1 is 0.903 bits per heavy atom. The molecule has 1 atom stereocenters. The lowest BCUT2D eigenvalue weighted by atomic mass is 10.0. The van der Waals surface area contributed by atoms with Crippen LogP contribution in [0.1, 0.15) is 18.2 Å². The van der Waals surface area contributed by atoms with Crippen molar-refractivity contribution in [3.8, 4) is 11.1 Å². The summed E-state index contributed by atoms with van der Waals surface area (Å²) in [4.78, 5) is 24.2. The van der Waals surface area contributed by atoms with Gasteiger partial charge in [0.15, 0.2) is 12.4 Å². The molecule has 3 aromatic carbocycles. The summed E-state index contributed by atoms with van der Waals surface area (Å²) in [5.41, 5.74) is 3.90. The Bertz CT molecular complexity index is 1180. The molecular formula is C26H23NO4. The SMILES string of the molecule is CC(=O)C(Cc1ccccc1)NC(=O)OCc1cc2cc(-c3ccccc3)ccc2o1. The molecule has 0 bridgehead atoms. The van der Waals surface area contributed by atoms with Crippen LogP contribution >= 0.6 is 0 Å². The van der Waals surface area contributed by atoms with Gasteiger partial charge in [-0.1, -0.05) is 66.7 Å². The predicted octanol–water partition coefficient (Wildman–Crippen LogP) is 5.53. The molecule has 1 amide bonds. The lowest BCUT2D eigenvalue weighted by molar-refractivity contribution is -0.118. The second-order valence-electron chi connectivity index (χ2n) is 7.40. The number of furan rings is 1. The van der Waals surface area contributed by atoms with Crippen LogP contribution < -0.4 is 5.32 Å². The minimum atomic E-state index is -0.651. The number of hydrogen-bond donors (Lipinski definition) is 1. The first-order valence-electron chi connectivity index (χ1n) is 10.1. The number of alkyl carbamates (subject to hydrolysis) is 1. The molecular weight excluding hydrogens is 390 g/mol. The second-order valence-corrected chi connectivity index (χ2v) is 7.40. The van der Waals surface area contributed by atoms with E-state index in [-0.39, 0.29) is 12.4 Å². The van der Waals surface area contributed by atoms with Crippen LogP contribution in [-0.2, 0) is 22.6 Å². The fraction of sp³-hybridized carbons (Fsp3) is 0.154.